The standard InChI is InChI=1S/C28H28ClN3O4/c1-4-21-31-25(26(29)32-21)24-22(27(33)35-15-19-11-7-5-8-12-19)17(2)30-18(3)23(24)28(34)36-16-20-13-9-6-10-14-20/h5-14,24,30H,4,15-16H2,1-3H3,(H,31,32). The number of H-pyrrole nitrogens is 1. The number of dihydropyridines is 1. The lowest BCUT2D eigenvalue weighted by molar-refractivity contribution is -0.141. The van der Waals surface area contributed by atoms with Crippen molar-refractivity contribution in [2.75, 3.05) is 0 Å². The van der Waals surface area contributed by atoms with Crippen molar-refractivity contribution >= 4 is 23.5 Å². The van der Waals surface area contributed by atoms with Crippen LogP contribution in [-0.4, -0.2) is 21.9 Å². The highest BCUT2D eigenvalue weighted by molar-refractivity contribution is 6.30. The number of rotatable bonds is 8. The smallest absolute Gasteiger partial charge is 0.337 e. The van der Waals surface area contributed by atoms with Gasteiger partial charge in [0.15, 0.2) is 5.15 Å². The van der Waals surface area contributed by atoms with Gasteiger partial charge < -0.3 is 19.8 Å². The summed E-state index contributed by atoms with van der Waals surface area (Å²) in [6, 6.07) is 18.8. The Kier molecular flexibility index (Phi) is 7.90. The number of hydrogen-bond acceptors (Lipinski definition) is 6. The zero-order chi connectivity index (χ0) is 25.7. The van der Waals surface area contributed by atoms with E-state index in [0.29, 0.717) is 29.3 Å². The van der Waals surface area contributed by atoms with Crippen LogP contribution in [0.3, 0.4) is 0 Å². The SMILES string of the molecule is CCc1nc(Cl)c(C2C(C(=O)OCc3ccccc3)=C(C)NC(C)=C2C(=O)OCc2ccccc2)[nH]1. The predicted octanol–water partition coefficient (Wildman–Crippen LogP) is 5.35. The molecule has 186 valence electrons. The van der Waals surface area contributed by atoms with Crippen LogP contribution >= 0.6 is 11.6 Å². The zero-order valence-electron chi connectivity index (χ0n) is 20.4. The Hall–Kier alpha value is -3.84. The Morgan fingerprint density at radius 1 is 0.861 bits per heavy atom. The number of halogens is 1. The molecule has 0 saturated carbocycles. The molecule has 0 fully saturated rings. The molecule has 0 atom stereocenters. The van der Waals surface area contributed by atoms with Gasteiger partial charge in [-0.1, -0.05) is 79.2 Å². The number of nitrogens with one attached hydrogen (secondary N) is 2. The van der Waals surface area contributed by atoms with Crippen molar-refractivity contribution in [2.24, 2.45) is 0 Å². The molecule has 2 N–H and O–H groups in total. The average Bonchev–Trinajstić information content (AvgIpc) is 3.27. The van der Waals surface area contributed by atoms with E-state index in [1.165, 1.54) is 0 Å². The van der Waals surface area contributed by atoms with Gasteiger partial charge >= 0.3 is 11.9 Å². The van der Waals surface area contributed by atoms with E-state index in [-0.39, 0.29) is 29.5 Å². The van der Waals surface area contributed by atoms with E-state index in [2.05, 4.69) is 15.3 Å². The third-order valence-electron chi connectivity index (χ3n) is 5.98. The molecule has 1 aliphatic heterocycles. The molecule has 1 aromatic heterocycles. The first-order valence-corrected chi connectivity index (χ1v) is 12.1. The van der Waals surface area contributed by atoms with E-state index in [1.807, 2.05) is 67.6 Å². The van der Waals surface area contributed by atoms with Gasteiger partial charge in [0.25, 0.3) is 0 Å². The van der Waals surface area contributed by atoms with E-state index >= 15 is 0 Å². The van der Waals surface area contributed by atoms with Crippen LogP contribution in [0.5, 0.6) is 0 Å². The van der Waals surface area contributed by atoms with Crippen molar-refractivity contribution in [3.05, 3.63) is 111 Å². The predicted molar refractivity (Wildman–Crippen MR) is 137 cm³/mol. The van der Waals surface area contributed by atoms with Crippen LogP contribution in [-0.2, 0) is 38.7 Å². The number of aromatic amines is 1. The minimum atomic E-state index is -0.835. The fourth-order valence-corrected chi connectivity index (χ4v) is 4.46. The first kappa shape index (κ1) is 25.3. The fraction of sp³-hybridized carbons (Fsp3) is 0.250. The lowest BCUT2D eigenvalue weighted by Crippen LogP contribution is -2.32. The molecule has 2 aromatic carbocycles. The highest BCUT2D eigenvalue weighted by Gasteiger charge is 2.40. The molecule has 0 bridgehead atoms. The van der Waals surface area contributed by atoms with Crippen LogP contribution in [0.2, 0.25) is 5.15 Å². The molecule has 8 heteroatoms. The Morgan fingerprint density at radius 2 is 1.33 bits per heavy atom. The number of aromatic nitrogens is 2. The number of aryl methyl sites for hydroxylation is 1. The second kappa shape index (κ2) is 11.3. The first-order valence-electron chi connectivity index (χ1n) is 11.7. The quantitative estimate of drug-likeness (QED) is 0.401. The van der Waals surface area contributed by atoms with E-state index in [1.54, 1.807) is 13.8 Å². The molecule has 0 aliphatic carbocycles. The summed E-state index contributed by atoms with van der Waals surface area (Å²) in [5.41, 5.74) is 3.84. The minimum Gasteiger partial charge on any atom is -0.457 e. The van der Waals surface area contributed by atoms with Gasteiger partial charge in [-0.05, 0) is 25.0 Å². The highest BCUT2D eigenvalue weighted by atomic mass is 35.5. The third-order valence-corrected chi connectivity index (χ3v) is 6.27. The maximum atomic E-state index is 13.4. The highest BCUT2D eigenvalue weighted by Crippen LogP contribution is 2.41. The molecular formula is C28H28ClN3O4. The van der Waals surface area contributed by atoms with Gasteiger partial charge in [0, 0.05) is 17.8 Å². The number of imidazole rings is 1. The van der Waals surface area contributed by atoms with Gasteiger partial charge in [0.1, 0.15) is 19.0 Å². The monoisotopic (exact) mass is 505 g/mol. The fourth-order valence-electron chi connectivity index (χ4n) is 4.20. The summed E-state index contributed by atoms with van der Waals surface area (Å²) >= 11 is 6.53. The van der Waals surface area contributed by atoms with Gasteiger partial charge in [-0.25, -0.2) is 14.6 Å². The van der Waals surface area contributed by atoms with Crippen LogP contribution in [0, 0.1) is 0 Å². The number of esters is 2. The van der Waals surface area contributed by atoms with E-state index in [9.17, 15) is 9.59 Å². The molecule has 0 unspecified atom stereocenters. The number of carbonyl (C=O) groups excluding carboxylic acids is 2. The second-order valence-corrected chi connectivity index (χ2v) is 8.86. The van der Waals surface area contributed by atoms with Gasteiger partial charge in [-0.3, -0.25) is 0 Å². The first-order chi connectivity index (χ1) is 17.4. The molecule has 0 spiro atoms. The average molecular weight is 506 g/mol. The normalized spacial score (nSPS) is 14.0. The maximum absolute atomic E-state index is 13.4. The van der Waals surface area contributed by atoms with Crippen LogP contribution < -0.4 is 5.32 Å². The number of allylic oxidation sites excluding steroid dienone is 2. The van der Waals surface area contributed by atoms with Gasteiger partial charge in [-0.15, -0.1) is 0 Å². The summed E-state index contributed by atoms with van der Waals surface area (Å²) in [5, 5.41) is 3.35. The van der Waals surface area contributed by atoms with Gasteiger partial charge in [-0.2, -0.15) is 0 Å². The third kappa shape index (κ3) is 5.52. The number of ether oxygens (including phenoxy) is 2. The number of benzene rings is 2. The zero-order valence-corrected chi connectivity index (χ0v) is 21.2. The maximum Gasteiger partial charge on any atom is 0.337 e. The van der Waals surface area contributed by atoms with Crippen molar-refractivity contribution in [2.45, 2.75) is 46.3 Å². The van der Waals surface area contributed by atoms with E-state index < -0.39 is 17.9 Å². The van der Waals surface area contributed by atoms with Crippen molar-refractivity contribution in [3.63, 3.8) is 0 Å². The number of carbonyl (C=O) groups is 2. The van der Waals surface area contributed by atoms with Crippen molar-refractivity contribution in [1.29, 1.82) is 0 Å². The number of nitrogens with zero attached hydrogens (tertiary/aromatic N) is 1. The molecule has 1 aliphatic rings. The Balaban J connectivity index is 1.68. The number of hydrogen-bond donors (Lipinski definition) is 2. The van der Waals surface area contributed by atoms with Crippen LogP contribution in [0.15, 0.2) is 83.2 Å². The second-order valence-electron chi connectivity index (χ2n) is 8.50. The molecule has 4 rings (SSSR count). The lowest BCUT2D eigenvalue weighted by atomic mass is 9.83. The van der Waals surface area contributed by atoms with Crippen molar-refractivity contribution < 1.29 is 19.1 Å². The van der Waals surface area contributed by atoms with Crippen molar-refractivity contribution in [3.8, 4) is 0 Å². The Labute approximate surface area is 215 Å². The molecular weight excluding hydrogens is 478 g/mol. The summed E-state index contributed by atoms with van der Waals surface area (Å²) in [7, 11) is 0. The molecule has 2 heterocycles. The van der Waals surface area contributed by atoms with Gasteiger partial charge in [0.2, 0.25) is 0 Å². The van der Waals surface area contributed by atoms with Crippen LogP contribution in [0.1, 0.15) is 49.3 Å². The summed E-state index contributed by atoms with van der Waals surface area (Å²) in [5.74, 6) is -1.30. The molecule has 0 radical (unpaired) electrons. The summed E-state index contributed by atoms with van der Waals surface area (Å²) in [4.78, 5) is 34.4. The molecule has 7 nitrogen and oxygen atoms in total. The van der Waals surface area contributed by atoms with E-state index in [0.717, 1.165) is 11.1 Å². The van der Waals surface area contributed by atoms with Crippen LogP contribution in [0.25, 0.3) is 0 Å². The summed E-state index contributed by atoms with van der Waals surface area (Å²) in [6.07, 6.45) is 0.609. The largest absolute Gasteiger partial charge is 0.457 e. The molecule has 36 heavy (non-hydrogen) atoms. The molecule has 0 saturated heterocycles. The van der Waals surface area contributed by atoms with Gasteiger partial charge in [0.05, 0.1) is 22.8 Å². The summed E-state index contributed by atoms with van der Waals surface area (Å²) < 4.78 is 11.3. The Morgan fingerprint density at radius 3 is 1.75 bits per heavy atom. The lowest BCUT2D eigenvalue weighted by Gasteiger charge is -2.29. The van der Waals surface area contributed by atoms with Crippen LogP contribution in [0.4, 0.5) is 0 Å². The minimum absolute atomic E-state index is 0.0938. The summed E-state index contributed by atoms with van der Waals surface area (Å²) in [6.45, 7) is 5.67. The van der Waals surface area contributed by atoms with E-state index in [4.69, 9.17) is 21.1 Å². The molecule has 3 aromatic rings. The molecule has 0 amide bonds. The van der Waals surface area contributed by atoms with Crippen molar-refractivity contribution in [1.82, 2.24) is 15.3 Å². The Bertz CT molecular complexity index is 1240. The topological polar surface area (TPSA) is 93.3 Å².